The second-order valence-electron chi connectivity index (χ2n) is 5.44. The van der Waals surface area contributed by atoms with Crippen molar-refractivity contribution in [2.24, 2.45) is 5.92 Å². The predicted octanol–water partition coefficient (Wildman–Crippen LogP) is 4.66. The molecule has 3 nitrogen and oxygen atoms in total. The minimum atomic E-state index is 0.611. The first-order valence-corrected chi connectivity index (χ1v) is 7.98. The molecular weight excluding hydrogens is 314 g/mol. The molecule has 4 heteroatoms. The molecule has 108 valence electrons. The molecule has 0 fully saturated rings. The normalized spacial score (nSPS) is 11.1. The van der Waals surface area contributed by atoms with Gasteiger partial charge < -0.3 is 5.32 Å². The number of hydrogen-bond acceptors (Lipinski definition) is 2. The van der Waals surface area contributed by atoms with E-state index in [1.54, 1.807) is 0 Å². The summed E-state index contributed by atoms with van der Waals surface area (Å²) in [7, 11) is 0. The van der Waals surface area contributed by atoms with E-state index >= 15 is 0 Å². The molecule has 20 heavy (non-hydrogen) atoms. The third-order valence-electron chi connectivity index (χ3n) is 2.99. The molecule has 1 aromatic heterocycles. The van der Waals surface area contributed by atoms with E-state index in [0.717, 1.165) is 41.1 Å². The molecule has 0 aliphatic carbocycles. The molecular formula is C16H22BrN3. The van der Waals surface area contributed by atoms with Crippen LogP contribution in [0.3, 0.4) is 0 Å². The number of halogens is 1. The van der Waals surface area contributed by atoms with Crippen molar-refractivity contribution in [1.29, 1.82) is 0 Å². The highest BCUT2D eigenvalue weighted by Gasteiger charge is 2.10. The molecule has 0 radical (unpaired) electrons. The van der Waals surface area contributed by atoms with Crippen LogP contribution in [0.4, 0.5) is 5.82 Å². The van der Waals surface area contributed by atoms with Gasteiger partial charge in [-0.1, -0.05) is 42.8 Å². The summed E-state index contributed by atoms with van der Waals surface area (Å²) in [6.07, 6.45) is 2.10. The van der Waals surface area contributed by atoms with Gasteiger partial charge in [0.25, 0.3) is 0 Å². The van der Waals surface area contributed by atoms with Crippen LogP contribution >= 0.6 is 15.9 Å². The molecule has 0 bridgehead atoms. The van der Waals surface area contributed by atoms with E-state index in [1.807, 2.05) is 16.8 Å². The molecule has 1 N–H and O–H groups in total. The first kappa shape index (κ1) is 15.1. The maximum Gasteiger partial charge on any atom is 0.130 e. The van der Waals surface area contributed by atoms with Gasteiger partial charge in [-0.15, -0.1) is 0 Å². The molecule has 0 aliphatic heterocycles. The van der Waals surface area contributed by atoms with E-state index in [-0.39, 0.29) is 0 Å². The number of nitrogens with one attached hydrogen (secondary N) is 1. The summed E-state index contributed by atoms with van der Waals surface area (Å²) in [6.45, 7) is 7.57. The van der Waals surface area contributed by atoms with Gasteiger partial charge in [-0.3, -0.25) is 0 Å². The highest BCUT2D eigenvalue weighted by Crippen LogP contribution is 2.21. The molecule has 0 unspecified atom stereocenters. The molecule has 0 saturated heterocycles. The van der Waals surface area contributed by atoms with Gasteiger partial charge in [0.05, 0.1) is 11.4 Å². The van der Waals surface area contributed by atoms with Crippen molar-refractivity contribution in [3.05, 3.63) is 40.5 Å². The quantitative estimate of drug-likeness (QED) is 0.832. The van der Waals surface area contributed by atoms with Gasteiger partial charge in [0.1, 0.15) is 5.82 Å². The Morgan fingerprint density at radius 1 is 1.30 bits per heavy atom. The van der Waals surface area contributed by atoms with Crippen molar-refractivity contribution in [2.45, 2.75) is 33.6 Å². The molecule has 2 rings (SSSR count). The number of rotatable bonds is 6. The van der Waals surface area contributed by atoms with Crippen LogP contribution in [0.15, 0.2) is 34.8 Å². The van der Waals surface area contributed by atoms with Crippen molar-refractivity contribution in [1.82, 2.24) is 9.78 Å². The van der Waals surface area contributed by atoms with Gasteiger partial charge in [-0.05, 0) is 37.0 Å². The maximum atomic E-state index is 4.75. The zero-order valence-corrected chi connectivity index (χ0v) is 13.9. The fourth-order valence-electron chi connectivity index (χ4n) is 2.13. The lowest BCUT2D eigenvalue weighted by Crippen LogP contribution is -2.07. The van der Waals surface area contributed by atoms with E-state index < -0.39 is 0 Å². The van der Waals surface area contributed by atoms with Gasteiger partial charge >= 0.3 is 0 Å². The smallest absolute Gasteiger partial charge is 0.130 e. The van der Waals surface area contributed by atoms with Crippen molar-refractivity contribution in [2.75, 3.05) is 11.9 Å². The average molecular weight is 336 g/mol. The molecule has 0 spiro atoms. The Morgan fingerprint density at radius 3 is 2.75 bits per heavy atom. The molecule has 0 atom stereocenters. The van der Waals surface area contributed by atoms with Crippen LogP contribution in [-0.2, 0) is 6.42 Å². The average Bonchev–Trinajstić information content (AvgIpc) is 2.78. The van der Waals surface area contributed by atoms with Gasteiger partial charge in [0.15, 0.2) is 0 Å². The minimum Gasteiger partial charge on any atom is -0.370 e. The summed E-state index contributed by atoms with van der Waals surface area (Å²) in [4.78, 5) is 0. The summed E-state index contributed by atoms with van der Waals surface area (Å²) < 4.78 is 3.07. The van der Waals surface area contributed by atoms with Gasteiger partial charge in [0.2, 0.25) is 0 Å². The van der Waals surface area contributed by atoms with E-state index in [2.05, 4.69) is 60.2 Å². The lowest BCUT2D eigenvalue weighted by molar-refractivity contribution is 0.628. The topological polar surface area (TPSA) is 29.9 Å². The van der Waals surface area contributed by atoms with Crippen molar-refractivity contribution < 1.29 is 0 Å². The largest absolute Gasteiger partial charge is 0.370 e. The molecule has 2 aromatic rings. The Hall–Kier alpha value is -1.29. The van der Waals surface area contributed by atoms with Gasteiger partial charge in [-0.2, -0.15) is 5.10 Å². The van der Waals surface area contributed by atoms with Gasteiger partial charge in [0, 0.05) is 17.1 Å². The van der Waals surface area contributed by atoms with E-state index in [0.29, 0.717) is 5.92 Å². The van der Waals surface area contributed by atoms with E-state index in [1.165, 1.54) is 0 Å². The fourth-order valence-corrected chi connectivity index (χ4v) is 2.52. The Kier molecular flexibility index (Phi) is 5.24. The number of anilines is 1. The number of hydrogen-bond donors (Lipinski definition) is 1. The second-order valence-corrected chi connectivity index (χ2v) is 6.35. The van der Waals surface area contributed by atoms with Crippen LogP contribution in [0.25, 0.3) is 5.69 Å². The Morgan fingerprint density at radius 2 is 2.10 bits per heavy atom. The van der Waals surface area contributed by atoms with Crippen molar-refractivity contribution >= 4 is 21.7 Å². The van der Waals surface area contributed by atoms with Crippen LogP contribution in [0.2, 0.25) is 0 Å². The molecule has 0 amide bonds. The standard InChI is InChI=1S/C16H22BrN3/c1-4-8-18-16-11-14(9-12(2)3)19-20(16)15-7-5-6-13(17)10-15/h5-7,10-12,18H,4,8-9H2,1-3H3. The number of benzene rings is 1. The predicted molar refractivity (Wildman–Crippen MR) is 88.6 cm³/mol. The Labute approximate surface area is 129 Å². The Balaban J connectivity index is 2.35. The first-order chi connectivity index (χ1) is 9.60. The van der Waals surface area contributed by atoms with Crippen LogP contribution in [0.1, 0.15) is 32.9 Å². The van der Waals surface area contributed by atoms with Crippen LogP contribution in [-0.4, -0.2) is 16.3 Å². The Bertz CT molecular complexity index is 561. The highest BCUT2D eigenvalue weighted by molar-refractivity contribution is 9.10. The summed E-state index contributed by atoms with van der Waals surface area (Å²) in [5.74, 6) is 1.68. The summed E-state index contributed by atoms with van der Waals surface area (Å²) >= 11 is 3.52. The van der Waals surface area contributed by atoms with Crippen molar-refractivity contribution in [3.8, 4) is 5.69 Å². The van der Waals surface area contributed by atoms with Crippen LogP contribution in [0, 0.1) is 5.92 Å². The van der Waals surface area contributed by atoms with Crippen LogP contribution < -0.4 is 5.32 Å². The highest BCUT2D eigenvalue weighted by atomic mass is 79.9. The van der Waals surface area contributed by atoms with Crippen LogP contribution in [0.5, 0.6) is 0 Å². The summed E-state index contributed by atoms with van der Waals surface area (Å²) in [5, 5.41) is 8.21. The summed E-state index contributed by atoms with van der Waals surface area (Å²) in [6, 6.07) is 10.4. The lowest BCUT2D eigenvalue weighted by atomic mass is 10.1. The zero-order chi connectivity index (χ0) is 14.5. The monoisotopic (exact) mass is 335 g/mol. The molecule has 0 aliphatic rings. The lowest BCUT2D eigenvalue weighted by Gasteiger charge is -2.09. The fraction of sp³-hybridized carbons (Fsp3) is 0.438. The van der Waals surface area contributed by atoms with Gasteiger partial charge in [-0.25, -0.2) is 4.68 Å². The third-order valence-corrected chi connectivity index (χ3v) is 3.48. The molecule has 1 heterocycles. The van der Waals surface area contributed by atoms with E-state index in [9.17, 15) is 0 Å². The molecule has 1 aromatic carbocycles. The third kappa shape index (κ3) is 3.85. The first-order valence-electron chi connectivity index (χ1n) is 7.19. The summed E-state index contributed by atoms with van der Waals surface area (Å²) in [5.41, 5.74) is 2.21. The number of aromatic nitrogens is 2. The number of nitrogens with zero attached hydrogens (tertiary/aromatic N) is 2. The van der Waals surface area contributed by atoms with E-state index in [4.69, 9.17) is 5.10 Å². The molecule has 0 saturated carbocycles. The maximum absolute atomic E-state index is 4.75. The SMILES string of the molecule is CCCNc1cc(CC(C)C)nn1-c1cccc(Br)c1. The second kappa shape index (κ2) is 6.93. The minimum absolute atomic E-state index is 0.611. The van der Waals surface area contributed by atoms with Crippen molar-refractivity contribution in [3.63, 3.8) is 0 Å². The zero-order valence-electron chi connectivity index (χ0n) is 12.4.